The molecule has 1 aromatic heterocycles. The summed E-state index contributed by atoms with van der Waals surface area (Å²) < 4.78 is 27.0. The van der Waals surface area contributed by atoms with E-state index in [1.165, 1.54) is 12.1 Å². The van der Waals surface area contributed by atoms with Gasteiger partial charge in [-0.1, -0.05) is 12.1 Å². The monoisotopic (exact) mass is 331 g/mol. The summed E-state index contributed by atoms with van der Waals surface area (Å²) in [6, 6.07) is 9.72. The van der Waals surface area contributed by atoms with Crippen molar-refractivity contribution in [2.45, 2.75) is 30.3 Å². The first-order valence-corrected chi connectivity index (χ1v) is 8.82. The summed E-state index contributed by atoms with van der Waals surface area (Å²) in [6.45, 7) is 0.337. The van der Waals surface area contributed by atoms with Crippen molar-refractivity contribution in [1.82, 2.24) is 15.0 Å². The second-order valence-electron chi connectivity index (χ2n) is 5.47. The van der Waals surface area contributed by atoms with E-state index in [1.54, 1.807) is 30.6 Å². The highest BCUT2D eigenvalue weighted by Gasteiger charge is 2.28. The summed E-state index contributed by atoms with van der Waals surface area (Å²) in [6.07, 6.45) is 5.06. The molecule has 2 aromatic rings. The predicted octanol–water partition coefficient (Wildman–Crippen LogP) is 1.45. The maximum atomic E-state index is 12.2. The number of benzene rings is 1. The first kappa shape index (κ1) is 15.6. The molecule has 1 aliphatic rings. The summed E-state index contributed by atoms with van der Waals surface area (Å²) >= 11 is 0. The van der Waals surface area contributed by atoms with Crippen LogP contribution in [-0.2, 0) is 16.6 Å². The lowest BCUT2D eigenvalue weighted by molar-refractivity contribution is 0.0950. The van der Waals surface area contributed by atoms with Gasteiger partial charge in [-0.3, -0.25) is 9.78 Å². The van der Waals surface area contributed by atoms with Crippen molar-refractivity contribution in [3.63, 3.8) is 0 Å². The van der Waals surface area contributed by atoms with E-state index >= 15 is 0 Å². The number of nitrogens with zero attached hydrogens (tertiary/aromatic N) is 1. The molecule has 0 aliphatic heterocycles. The molecule has 6 nitrogen and oxygen atoms in total. The molecule has 0 atom stereocenters. The van der Waals surface area contributed by atoms with E-state index in [1.807, 2.05) is 6.07 Å². The minimum absolute atomic E-state index is 0.0306. The molecule has 0 unspecified atom stereocenters. The maximum Gasteiger partial charge on any atom is 0.251 e. The zero-order chi connectivity index (χ0) is 16.3. The first-order valence-electron chi connectivity index (χ1n) is 7.34. The Kier molecular flexibility index (Phi) is 4.40. The van der Waals surface area contributed by atoms with E-state index in [2.05, 4.69) is 15.0 Å². The van der Waals surface area contributed by atoms with Gasteiger partial charge in [-0.05, 0) is 42.7 Å². The zero-order valence-corrected chi connectivity index (χ0v) is 13.2. The number of sulfonamides is 1. The van der Waals surface area contributed by atoms with Gasteiger partial charge in [0.25, 0.3) is 5.91 Å². The van der Waals surface area contributed by atoms with E-state index in [0.29, 0.717) is 12.1 Å². The lowest BCUT2D eigenvalue weighted by Crippen LogP contribution is -2.27. The number of carbonyl (C=O) groups excluding carboxylic acids is 1. The number of amides is 1. The van der Waals surface area contributed by atoms with Gasteiger partial charge in [0.1, 0.15) is 0 Å². The Morgan fingerprint density at radius 2 is 2.04 bits per heavy atom. The third-order valence-corrected chi connectivity index (χ3v) is 5.00. The fraction of sp³-hybridized carbons (Fsp3) is 0.250. The topological polar surface area (TPSA) is 88.2 Å². The summed E-state index contributed by atoms with van der Waals surface area (Å²) in [5.74, 6) is -0.322. The smallest absolute Gasteiger partial charge is 0.251 e. The molecular formula is C16H17N3O3S. The van der Waals surface area contributed by atoms with Gasteiger partial charge in [0.2, 0.25) is 10.0 Å². The molecule has 7 heteroatoms. The highest BCUT2D eigenvalue weighted by atomic mass is 32.2. The molecule has 1 fully saturated rings. The summed E-state index contributed by atoms with van der Waals surface area (Å²) in [5, 5.41) is 2.75. The van der Waals surface area contributed by atoms with Crippen molar-refractivity contribution in [2.24, 2.45) is 0 Å². The highest BCUT2D eigenvalue weighted by Crippen LogP contribution is 2.22. The summed E-state index contributed by atoms with van der Waals surface area (Å²) in [5.41, 5.74) is 1.19. The Bertz CT molecular complexity index is 802. The standard InChI is InChI=1S/C16H17N3O3S/c20-16(18-11-12-3-2-8-17-10-12)13-4-1-5-15(9-13)23(21,22)19-14-6-7-14/h1-5,8-10,14,19H,6-7,11H2,(H,18,20). The number of rotatable bonds is 6. The zero-order valence-electron chi connectivity index (χ0n) is 12.4. The van der Waals surface area contributed by atoms with E-state index in [-0.39, 0.29) is 16.8 Å². The van der Waals surface area contributed by atoms with Gasteiger partial charge >= 0.3 is 0 Å². The highest BCUT2D eigenvalue weighted by molar-refractivity contribution is 7.89. The summed E-state index contributed by atoms with van der Waals surface area (Å²) in [7, 11) is -3.56. The van der Waals surface area contributed by atoms with Crippen LogP contribution in [0.1, 0.15) is 28.8 Å². The van der Waals surface area contributed by atoms with E-state index in [4.69, 9.17) is 0 Å². The largest absolute Gasteiger partial charge is 0.348 e. The molecular weight excluding hydrogens is 314 g/mol. The minimum Gasteiger partial charge on any atom is -0.348 e. The predicted molar refractivity (Wildman–Crippen MR) is 85.2 cm³/mol. The lowest BCUT2D eigenvalue weighted by Gasteiger charge is -2.08. The molecule has 2 N–H and O–H groups in total. The molecule has 1 heterocycles. The maximum absolute atomic E-state index is 12.2. The number of carbonyl (C=O) groups is 1. The lowest BCUT2D eigenvalue weighted by atomic mass is 10.2. The van der Waals surface area contributed by atoms with Gasteiger partial charge in [-0.2, -0.15) is 0 Å². The molecule has 1 amide bonds. The van der Waals surface area contributed by atoms with Crippen molar-refractivity contribution < 1.29 is 13.2 Å². The molecule has 0 spiro atoms. The van der Waals surface area contributed by atoms with Crippen molar-refractivity contribution >= 4 is 15.9 Å². The fourth-order valence-electron chi connectivity index (χ4n) is 2.08. The molecule has 120 valence electrons. The van der Waals surface area contributed by atoms with Crippen LogP contribution < -0.4 is 10.0 Å². The molecule has 3 rings (SSSR count). The van der Waals surface area contributed by atoms with Crippen LogP contribution in [0.15, 0.2) is 53.7 Å². The van der Waals surface area contributed by atoms with Crippen LogP contribution in [0.25, 0.3) is 0 Å². The van der Waals surface area contributed by atoms with E-state index < -0.39 is 10.0 Å². The van der Waals surface area contributed by atoms with Crippen molar-refractivity contribution in [3.05, 3.63) is 59.9 Å². The average Bonchev–Trinajstić information content (AvgIpc) is 3.37. The summed E-state index contributed by atoms with van der Waals surface area (Å²) in [4.78, 5) is 16.3. The van der Waals surface area contributed by atoms with Crippen molar-refractivity contribution in [1.29, 1.82) is 0 Å². The number of pyridine rings is 1. The second kappa shape index (κ2) is 6.47. The van der Waals surface area contributed by atoms with Gasteiger partial charge in [0.15, 0.2) is 0 Å². The Morgan fingerprint density at radius 3 is 2.74 bits per heavy atom. The van der Waals surface area contributed by atoms with E-state index in [0.717, 1.165) is 18.4 Å². The van der Waals surface area contributed by atoms with Gasteiger partial charge < -0.3 is 5.32 Å². The molecule has 1 aromatic carbocycles. The normalized spacial score (nSPS) is 14.4. The Morgan fingerprint density at radius 1 is 1.22 bits per heavy atom. The van der Waals surface area contributed by atoms with Crippen LogP contribution in [-0.4, -0.2) is 25.4 Å². The van der Waals surface area contributed by atoms with Crippen LogP contribution in [0, 0.1) is 0 Å². The van der Waals surface area contributed by atoms with Gasteiger partial charge in [-0.25, -0.2) is 13.1 Å². The molecule has 23 heavy (non-hydrogen) atoms. The number of nitrogens with one attached hydrogen (secondary N) is 2. The van der Waals surface area contributed by atoms with Crippen molar-refractivity contribution in [3.8, 4) is 0 Å². The van der Waals surface area contributed by atoms with Gasteiger partial charge in [-0.15, -0.1) is 0 Å². The molecule has 1 aliphatic carbocycles. The van der Waals surface area contributed by atoms with Crippen LogP contribution in [0.4, 0.5) is 0 Å². The second-order valence-corrected chi connectivity index (χ2v) is 7.18. The Labute approximate surface area is 135 Å². The first-order chi connectivity index (χ1) is 11.0. The van der Waals surface area contributed by atoms with Gasteiger partial charge in [0, 0.05) is 30.5 Å². The van der Waals surface area contributed by atoms with Crippen LogP contribution in [0.5, 0.6) is 0 Å². The third-order valence-electron chi connectivity index (χ3n) is 3.48. The van der Waals surface area contributed by atoms with Crippen LogP contribution >= 0.6 is 0 Å². The molecule has 0 saturated heterocycles. The van der Waals surface area contributed by atoms with E-state index in [9.17, 15) is 13.2 Å². The SMILES string of the molecule is O=C(NCc1cccnc1)c1cccc(S(=O)(=O)NC2CC2)c1. The Hall–Kier alpha value is -2.25. The van der Waals surface area contributed by atoms with Crippen LogP contribution in [0.3, 0.4) is 0 Å². The molecule has 1 saturated carbocycles. The molecule has 0 bridgehead atoms. The van der Waals surface area contributed by atoms with Crippen LogP contribution in [0.2, 0.25) is 0 Å². The van der Waals surface area contributed by atoms with Crippen molar-refractivity contribution in [2.75, 3.05) is 0 Å². The minimum atomic E-state index is -3.56. The fourth-order valence-corrected chi connectivity index (χ4v) is 3.43. The quantitative estimate of drug-likeness (QED) is 0.838. The number of hydrogen-bond acceptors (Lipinski definition) is 4. The average molecular weight is 331 g/mol. The van der Waals surface area contributed by atoms with Gasteiger partial charge in [0.05, 0.1) is 4.90 Å². The Balaban J connectivity index is 1.70. The third kappa shape index (κ3) is 4.14. The number of hydrogen-bond donors (Lipinski definition) is 2. The molecule has 0 radical (unpaired) electrons. The number of aromatic nitrogens is 1.